The molecule has 0 saturated carbocycles. The van der Waals surface area contributed by atoms with Crippen LogP contribution >= 0.6 is 0 Å². The summed E-state index contributed by atoms with van der Waals surface area (Å²) in [6, 6.07) is 7.99. The van der Waals surface area contributed by atoms with Gasteiger partial charge in [0.25, 0.3) is 5.91 Å². The molecule has 0 aromatic heterocycles. The largest absolute Gasteiger partial charge is 0.382 e. The second-order valence-corrected chi connectivity index (χ2v) is 5.61. The first-order valence-corrected chi connectivity index (χ1v) is 7.48. The van der Waals surface area contributed by atoms with Gasteiger partial charge in [0, 0.05) is 18.3 Å². The fraction of sp³-hybridized carbons (Fsp3) is 0.471. The minimum absolute atomic E-state index is 0.00680. The van der Waals surface area contributed by atoms with Crippen LogP contribution in [0.3, 0.4) is 0 Å². The number of nitrogens with one attached hydrogen (secondary N) is 2. The Bertz CT molecular complexity index is 492. The van der Waals surface area contributed by atoms with Crippen molar-refractivity contribution in [3.8, 4) is 0 Å². The quantitative estimate of drug-likeness (QED) is 0.775. The van der Waals surface area contributed by atoms with E-state index in [1.807, 2.05) is 24.3 Å². The molecule has 1 aliphatic carbocycles. The zero-order valence-corrected chi connectivity index (χ0v) is 12.4. The van der Waals surface area contributed by atoms with Crippen LogP contribution in [-0.2, 0) is 0 Å². The molecule has 0 heterocycles. The molecule has 20 heavy (non-hydrogen) atoms. The topological polar surface area (TPSA) is 41.1 Å². The van der Waals surface area contributed by atoms with Crippen molar-refractivity contribution in [3.05, 3.63) is 41.5 Å². The normalized spacial score (nSPS) is 14.2. The molecular weight excluding hydrogens is 248 g/mol. The van der Waals surface area contributed by atoms with Gasteiger partial charge < -0.3 is 10.6 Å². The number of hydrogen-bond acceptors (Lipinski definition) is 2. The first-order valence-electron chi connectivity index (χ1n) is 7.48. The van der Waals surface area contributed by atoms with Crippen LogP contribution in [0, 0.1) is 0 Å². The molecular formula is C17H24N2O. The maximum absolute atomic E-state index is 12.3. The highest BCUT2D eigenvalue weighted by Gasteiger charge is 2.11. The van der Waals surface area contributed by atoms with E-state index in [9.17, 15) is 4.79 Å². The lowest BCUT2D eigenvalue weighted by molar-refractivity contribution is 0.0955. The lowest BCUT2D eigenvalue weighted by Crippen LogP contribution is -2.26. The maximum atomic E-state index is 12.3. The zero-order valence-electron chi connectivity index (χ0n) is 12.4. The van der Waals surface area contributed by atoms with Crippen molar-refractivity contribution < 1.29 is 4.79 Å². The predicted octanol–water partition coefficient (Wildman–Crippen LogP) is 3.74. The van der Waals surface area contributed by atoms with E-state index in [0.29, 0.717) is 6.04 Å². The zero-order chi connectivity index (χ0) is 14.4. The third kappa shape index (κ3) is 4.12. The molecule has 2 rings (SSSR count). The lowest BCUT2D eigenvalue weighted by Gasteiger charge is -2.14. The third-order valence-corrected chi connectivity index (χ3v) is 3.48. The molecule has 0 unspecified atom stereocenters. The van der Waals surface area contributed by atoms with Gasteiger partial charge in [-0.15, -0.1) is 0 Å². The van der Waals surface area contributed by atoms with E-state index < -0.39 is 0 Å². The van der Waals surface area contributed by atoms with E-state index in [4.69, 9.17) is 0 Å². The highest BCUT2D eigenvalue weighted by Crippen LogP contribution is 2.20. The number of para-hydroxylation sites is 1. The first kappa shape index (κ1) is 14.6. The van der Waals surface area contributed by atoms with Crippen LogP contribution < -0.4 is 10.6 Å². The van der Waals surface area contributed by atoms with Crippen molar-refractivity contribution in [2.75, 3.05) is 11.9 Å². The van der Waals surface area contributed by atoms with Gasteiger partial charge in [-0.05, 0) is 51.7 Å². The highest BCUT2D eigenvalue weighted by molar-refractivity contribution is 5.99. The van der Waals surface area contributed by atoms with Crippen molar-refractivity contribution in [2.24, 2.45) is 0 Å². The van der Waals surface area contributed by atoms with E-state index in [2.05, 4.69) is 30.6 Å². The molecule has 2 N–H and O–H groups in total. The standard InChI is InChI=1S/C17H24N2O/c1-13(2)19-16-10-6-5-9-15(16)17(20)18-12-11-14-7-3-4-8-14/h5-7,9-10,13,19H,3-4,8,11-12H2,1-2H3,(H,18,20). The Hall–Kier alpha value is -1.77. The molecule has 3 heteroatoms. The average molecular weight is 272 g/mol. The predicted molar refractivity (Wildman–Crippen MR) is 84.1 cm³/mol. The summed E-state index contributed by atoms with van der Waals surface area (Å²) in [6.07, 6.45) is 6.95. The number of benzene rings is 1. The summed E-state index contributed by atoms with van der Waals surface area (Å²) in [5.41, 5.74) is 3.11. The summed E-state index contributed by atoms with van der Waals surface area (Å²) >= 11 is 0. The van der Waals surface area contributed by atoms with E-state index >= 15 is 0 Å². The van der Waals surface area contributed by atoms with Gasteiger partial charge in [-0.3, -0.25) is 4.79 Å². The molecule has 0 fully saturated rings. The maximum Gasteiger partial charge on any atom is 0.253 e. The van der Waals surface area contributed by atoms with Crippen molar-refractivity contribution in [1.82, 2.24) is 5.32 Å². The van der Waals surface area contributed by atoms with Crippen LogP contribution in [0.25, 0.3) is 0 Å². The van der Waals surface area contributed by atoms with Crippen LogP contribution in [0.15, 0.2) is 35.9 Å². The van der Waals surface area contributed by atoms with Gasteiger partial charge >= 0.3 is 0 Å². The molecule has 0 saturated heterocycles. The number of rotatable bonds is 6. The molecule has 1 amide bonds. The van der Waals surface area contributed by atoms with E-state index in [0.717, 1.165) is 24.2 Å². The second-order valence-electron chi connectivity index (χ2n) is 5.61. The monoisotopic (exact) mass is 272 g/mol. The third-order valence-electron chi connectivity index (χ3n) is 3.48. The summed E-state index contributed by atoms with van der Waals surface area (Å²) in [5.74, 6) is 0.00680. The number of anilines is 1. The van der Waals surface area contributed by atoms with Crippen LogP contribution in [0.1, 0.15) is 49.9 Å². The van der Waals surface area contributed by atoms with Crippen LogP contribution in [0.4, 0.5) is 5.69 Å². The van der Waals surface area contributed by atoms with Gasteiger partial charge in [-0.1, -0.05) is 23.8 Å². The molecule has 108 valence electrons. The summed E-state index contributed by atoms with van der Waals surface area (Å²) < 4.78 is 0. The summed E-state index contributed by atoms with van der Waals surface area (Å²) in [6.45, 7) is 4.86. The first-order chi connectivity index (χ1) is 9.66. The Labute approximate surface area is 121 Å². The highest BCUT2D eigenvalue weighted by atomic mass is 16.1. The van der Waals surface area contributed by atoms with Gasteiger partial charge in [-0.2, -0.15) is 0 Å². The Morgan fingerprint density at radius 2 is 2.10 bits per heavy atom. The SMILES string of the molecule is CC(C)Nc1ccccc1C(=O)NCCC1=CCCC1. The smallest absolute Gasteiger partial charge is 0.253 e. The van der Waals surface area contributed by atoms with Gasteiger partial charge in [-0.25, -0.2) is 0 Å². The minimum atomic E-state index is 0.00680. The van der Waals surface area contributed by atoms with Gasteiger partial charge in [0.1, 0.15) is 0 Å². The lowest BCUT2D eigenvalue weighted by atomic mass is 10.1. The van der Waals surface area contributed by atoms with E-state index in [1.165, 1.54) is 24.8 Å². The summed E-state index contributed by atoms with van der Waals surface area (Å²) in [5, 5.41) is 6.33. The van der Waals surface area contributed by atoms with Crippen LogP contribution in [0.2, 0.25) is 0 Å². The molecule has 1 aromatic rings. The van der Waals surface area contributed by atoms with Crippen LogP contribution in [-0.4, -0.2) is 18.5 Å². The van der Waals surface area contributed by atoms with Crippen LogP contribution in [0.5, 0.6) is 0 Å². The molecule has 0 atom stereocenters. The number of hydrogen-bond donors (Lipinski definition) is 2. The Morgan fingerprint density at radius 1 is 1.30 bits per heavy atom. The van der Waals surface area contributed by atoms with Crippen molar-refractivity contribution in [2.45, 2.75) is 45.6 Å². The molecule has 0 aliphatic heterocycles. The number of amides is 1. The molecule has 0 bridgehead atoms. The molecule has 3 nitrogen and oxygen atoms in total. The number of carbonyl (C=O) groups is 1. The van der Waals surface area contributed by atoms with Crippen molar-refractivity contribution in [1.29, 1.82) is 0 Å². The fourth-order valence-electron chi connectivity index (χ4n) is 2.51. The fourth-order valence-corrected chi connectivity index (χ4v) is 2.51. The van der Waals surface area contributed by atoms with E-state index in [-0.39, 0.29) is 5.91 Å². The molecule has 0 spiro atoms. The second kappa shape index (κ2) is 7.13. The minimum Gasteiger partial charge on any atom is -0.382 e. The Kier molecular flexibility index (Phi) is 5.22. The van der Waals surface area contributed by atoms with Gasteiger partial charge in [0.2, 0.25) is 0 Å². The molecule has 1 aliphatic rings. The molecule has 0 radical (unpaired) electrons. The molecule has 1 aromatic carbocycles. The van der Waals surface area contributed by atoms with Gasteiger partial charge in [0.05, 0.1) is 5.56 Å². The number of carbonyl (C=O) groups excluding carboxylic acids is 1. The Balaban J connectivity index is 1.91. The number of allylic oxidation sites excluding steroid dienone is 1. The summed E-state index contributed by atoms with van der Waals surface area (Å²) in [7, 11) is 0. The van der Waals surface area contributed by atoms with Crippen molar-refractivity contribution >= 4 is 11.6 Å². The van der Waals surface area contributed by atoms with Crippen molar-refractivity contribution in [3.63, 3.8) is 0 Å². The van der Waals surface area contributed by atoms with Gasteiger partial charge in [0.15, 0.2) is 0 Å². The Morgan fingerprint density at radius 3 is 2.80 bits per heavy atom. The summed E-state index contributed by atoms with van der Waals surface area (Å²) in [4.78, 5) is 12.3. The average Bonchev–Trinajstić information content (AvgIpc) is 2.91. The van der Waals surface area contributed by atoms with E-state index in [1.54, 1.807) is 0 Å².